The van der Waals surface area contributed by atoms with E-state index in [-0.39, 0.29) is 23.7 Å². The van der Waals surface area contributed by atoms with Crippen molar-refractivity contribution in [3.05, 3.63) is 65.2 Å². The molecule has 1 fully saturated rings. The molecule has 4 rings (SSSR count). The second-order valence-corrected chi connectivity index (χ2v) is 6.81. The van der Waals surface area contributed by atoms with Gasteiger partial charge in [-0.1, -0.05) is 35.9 Å². The number of amides is 1. The predicted octanol–water partition coefficient (Wildman–Crippen LogP) is 3.70. The van der Waals surface area contributed by atoms with Crippen LogP contribution in [0.2, 0.25) is 0 Å². The fourth-order valence-electron chi connectivity index (χ4n) is 4.03. The molecular weight excluding hydrogens is 320 g/mol. The molecule has 0 aliphatic carbocycles. The number of nitrogens with zero attached hydrogens (tertiary/aromatic N) is 1. The summed E-state index contributed by atoms with van der Waals surface area (Å²) in [6.07, 6.45) is 2.20. The molecule has 24 heavy (non-hydrogen) atoms. The largest absolute Gasteiger partial charge is 0.317 e. The van der Waals surface area contributed by atoms with Crippen LogP contribution >= 0.6 is 12.4 Å². The number of nitrogens with one attached hydrogen (secondary N) is 1. The Balaban J connectivity index is 0.00000169. The number of hydrogen-bond donors (Lipinski definition) is 1. The monoisotopic (exact) mass is 342 g/mol. The zero-order valence-electron chi connectivity index (χ0n) is 13.9. The van der Waals surface area contributed by atoms with Crippen molar-refractivity contribution >= 4 is 24.0 Å². The number of hydrogen-bond acceptors (Lipinski definition) is 2. The lowest BCUT2D eigenvalue weighted by atomic mass is 9.74. The zero-order valence-corrected chi connectivity index (χ0v) is 14.7. The Morgan fingerprint density at radius 3 is 2.50 bits per heavy atom. The fourth-order valence-corrected chi connectivity index (χ4v) is 4.03. The quantitative estimate of drug-likeness (QED) is 0.857. The predicted molar refractivity (Wildman–Crippen MR) is 100 cm³/mol. The molecule has 2 aromatic carbocycles. The summed E-state index contributed by atoms with van der Waals surface area (Å²) >= 11 is 0. The molecule has 1 amide bonds. The number of anilines is 1. The molecule has 2 heterocycles. The van der Waals surface area contributed by atoms with Gasteiger partial charge in [-0.05, 0) is 56.6 Å². The number of rotatable bonds is 1. The highest BCUT2D eigenvalue weighted by Crippen LogP contribution is 2.46. The topological polar surface area (TPSA) is 32.3 Å². The summed E-state index contributed by atoms with van der Waals surface area (Å²) in [6, 6.07) is 16.2. The minimum atomic E-state index is 0. The van der Waals surface area contributed by atoms with Gasteiger partial charge in [0.1, 0.15) is 0 Å². The number of benzene rings is 2. The average molecular weight is 343 g/mol. The molecule has 0 bridgehead atoms. The first kappa shape index (κ1) is 17.0. The number of aryl methyl sites for hydroxylation is 1. The molecule has 0 atom stereocenters. The first-order chi connectivity index (χ1) is 11.2. The van der Waals surface area contributed by atoms with Crippen molar-refractivity contribution < 1.29 is 4.79 Å². The summed E-state index contributed by atoms with van der Waals surface area (Å²) in [5, 5.41) is 3.45. The second kappa shape index (κ2) is 6.58. The lowest BCUT2D eigenvalue weighted by molar-refractivity contribution is 0.0983. The molecule has 0 aromatic heterocycles. The van der Waals surface area contributed by atoms with E-state index < -0.39 is 0 Å². The lowest BCUT2D eigenvalue weighted by Gasteiger charge is -2.34. The standard InChI is InChI=1S/C20H22N2O.ClH/c1-15-7-8-18-17(13-15)20(9-11-21-12-10-20)14-22(18)19(23)16-5-3-2-4-6-16;/h2-8,13,21H,9-12,14H2,1H3;1H. The van der Waals surface area contributed by atoms with Gasteiger partial charge >= 0.3 is 0 Å². The maximum atomic E-state index is 13.0. The average Bonchev–Trinajstić information content (AvgIpc) is 2.89. The summed E-state index contributed by atoms with van der Waals surface area (Å²) in [7, 11) is 0. The Morgan fingerprint density at radius 1 is 1.08 bits per heavy atom. The van der Waals surface area contributed by atoms with Gasteiger partial charge in [0, 0.05) is 23.2 Å². The van der Waals surface area contributed by atoms with E-state index in [9.17, 15) is 4.79 Å². The van der Waals surface area contributed by atoms with E-state index >= 15 is 0 Å². The van der Waals surface area contributed by atoms with Gasteiger partial charge in [-0.2, -0.15) is 0 Å². The Kier molecular flexibility index (Phi) is 4.66. The van der Waals surface area contributed by atoms with Crippen LogP contribution in [0, 0.1) is 6.92 Å². The van der Waals surface area contributed by atoms with E-state index in [1.165, 1.54) is 11.1 Å². The highest BCUT2D eigenvalue weighted by molar-refractivity contribution is 6.07. The molecule has 2 aromatic rings. The maximum absolute atomic E-state index is 13.0. The van der Waals surface area contributed by atoms with Crippen LogP contribution in [0.3, 0.4) is 0 Å². The summed E-state index contributed by atoms with van der Waals surface area (Å²) in [5.41, 5.74) is 4.63. The smallest absolute Gasteiger partial charge is 0.258 e. The van der Waals surface area contributed by atoms with Crippen LogP contribution in [0.25, 0.3) is 0 Å². The van der Waals surface area contributed by atoms with Crippen molar-refractivity contribution in [1.82, 2.24) is 5.32 Å². The van der Waals surface area contributed by atoms with Crippen molar-refractivity contribution in [2.75, 3.05) is 24.5 Å². The Hall–Kier alpha value is -1.84. The van der Waals surface area contributed by atoms with E-state index in [0.717, 1.165) is 43.7 Å². The number of fused-ring (bicyclic) bond motifs is 2. The number of carbonyl (C=O) groups excluding carboxylic acids is 1. The maximum Gasteiger partial charge on any atom is 0.258 e. The molecule has 1 spiro atoms. The Bertz CT molecular complexity index is 739. The SMILES string of the molecule is Cc1ccc2c(c1)C1(CCNCC1)CN2C(=O)c1ccccc1.Cl. The van der Waals surface area contributed by atoms with Gasteiger partial charge in [0.05, 0.1) is 0 Å². The van der Waals surface area contributed by atoms with Crippen molar-refractivity contribution in [1.29, 1.82) is 0 Å². The van der Waals surface area contributed by atoms with Gasteiger partial charge in [-0.25, -0.2) is 0 Å². The second-order valence-electron chi connectivity index (χ2n) is 6.81. The molecule has 4 heteroatoms. The minimum Gasteiger partial charge on any atom is -0.317 e. The van der Waals surface area contributed by atoms with Crippen molar-refractivity contribution in [2.45, 2.75) is 25.2 Å². The van der Waals surface area contributed by atoms with Gasteiger partial charge in [-0.3, -0.25) is 4.79 Å². The third kappa shape index (κ3) is 2.72. The molecule has 1 N–H and O–H groups in total. The van der Waals surface area contributed by atoms with Gasteiger partial charge in [0.25, 0.3) is 5.91 Å². The molecule has 0 saturated carbocycles. The normalized spacial score (nSPS) is 18.1. The molecule has 0 radical (unpaired) electrons. The summed E-state index contributed by atoms with van der Waals surface area (Å²) in [4.78, 5) is 15.0. The zero-order chi connectivity index (χ0) is 15.9. The highest BCUT2D eigenvalue weighted by atomic mass is 35.5. The number of piperidine rings is 1. The van der Waals surface area contributed by atoms with Crippen LogP contribution in [0.15, 0.2) is 48.5 Å². The lowest BCUT2D eigenvalue weighted by Crippen LogP contribution is -2.44. The van der Waals surface area contributed by atoms with E-state index in [4.69, 9.17) is 0 Å². The van der Waals surface area contributed by atoms with Crippen molar-refractivity contribution in [2.24, 2.45) is 0 Å². The van der Waals surface area contributed by atoms with Gasteiger partial charge in [0.2, 0.25) is 0 Å². The number of halogens is 1. The van der Waals surface area contributed by atoms with E-state index in [1.54, 1.807) is 0 Å². The Morgan fingerprint density at radius 2 is 1.79 bits per heavy atom. The summed E-state index contributed by atoms with van der Waals surface area (Å²) in [5.74, 6) is 0.117. The van der Waals surface area contributed by atoms with E-state index in [2.05, 4.69) is 30.4 Å². The van der Waals surface area contributed by atoms with Gasteiger partial charge in [0.15, 0.2) is 0 Å². The minimum absolute atomic E-state index is 0. The molecular formula is C20H23ClN2O. The van der Waals surface area contributed by atoms with Crippen molar-refractivity contribution in [3.63, 3.8) is 0 Å². The molecule has 2 aliphatic rings. The number of carbonyl (C=O) groups is 1. The van der Waals surface area contributed by atoms with Crippen LogP contribution in [0.4, 0.5) is 5.69 Å². The van der Waals surface area contributed by atoms with E-state index in [1.807, 2.05) is 35.2 Å². The van der Waals surface area contributed by atoms with Crippen LogP contribution < -0.4 is 10.2 Å². The highest BCUT2D eigenvalue weighted by Gasteiger charge is 2.45. The fraction of sp³-hybridized carbons (Fsp3) is 0.350. The van der Waals surface area contributed by atoms with Crippen LogP contribution in [0.1, 0.15) is 34.3 Å². The Labute approximate surface area is 149 Å². The summed E-state index contributed by atoms with van der Waals surface area (Å²) in [6.45, 7) is 5.00. The molecule has 3 nitrogen and oxygen atoms in total. The van der Waals surface area contributed by atoms with Crippen LogP contribution in [-0.2, 0) is 5.41 Å². The molecule has 2 aliphatic heterocycles. The van der Waals surface area contributed by atoms with Crippen LogP contribution in [0.5, 0.6) is 0 Å². The van der Waals surface area contributed by atoms with E-state index in [0.29, 0.717) is 0 Å². The third-order valence-electron chi connectivity index (χ3n) is 5.30. The van der Waals surface area contributed by atoms with Gasteiger partial charge in [-0.15, -0.1) is 12.4 Å². The first-order valence-corrected chi connectivity index (χ1v) is 8.38. The summed E-state index contributed by atoms with van der Waals surface area (Å²) < 4.78 is 0. The molecule has 126 valence electrons. The van der Waals surface area contributed by atoms with Gasteiger partial charge < -0.3 is 10.2 Å². The van der Waals surface area contributed by atoms with Crippen LogP contribution in [-0.4, -0.2) is 25.5 Å². The van der Waals surface area contributed by atoms with Crippen molar-refractivity contribution in [3.8, 4) is 0 Å². The molecule has 1 saturated heterocycles. The first-order valence-electron chi connectivity index (χ1n) is 8.38. The third-order valence-corrected chi connectivity index (χ3v) is 5.30. The molecule has 0 unspecified atom stereocenters.